The topological polar surface area (TPSA) is 75.7 Å². The van der Waals surface area contributed by atoms with Gasteiger partial charge in [-0.3, -0.25) is 0 Å². The maximum absolute atomic E-state index is 9.99. The number of hydrogen-bond acceptors (Lipinski definition) is 5. The maximum Gasteiger partial charge on any atom is 0.231 e. The van der Waals surface area contributed by atoms with Crippen LogP contribution in [-0.2, 0) is 0 Å². The Balaban J connectivity index is 2.17. The number of hydrogen-bond donors (Lipinski definition) is 2. The van der Waals surface area contributed by atoms with Gasteiger partial charge in [-0.25, -0.2) is 4.98 Å². The average molecular weight is 271 g/mol. The lowest BCUT2D eigenvalue weighted by atomic mass is 10.1. The summed E-state index contributed by atoms with van der Waals surface area (Å²) in [5.74, 6) is 0.293. The lowest BCUT2D eigenvalue weighted by molar-refractivity contribution is 0.368. The third-order valence-electron chi connectivity index (χ3n) is 3.07. The minimum atomic E-state index is -0.0845. The molecule has 0 amide bonds. The summed E-state index contributed by atoms with van der Waals surface area (Å²) in [6.07, 6.45) is 0. The van der Waals surface area contributed by atoms with Gasteiger partial charge in [-0.1, -0.05) is 6.07 Å². The third kappa shape index (κ3) is 1.93. The first kappa shape index (κ1) is 12.3. The van der Waals surface area contributed by atoms with E-state index in [0.29, 0.717) is 16.7 Å². The highest BCUT2D eigenvalue weighted by molar-refractivity contribution is 5.78. The Morgan fingerprint density at radius 2 is 1.90 bits per heavy atom. The van der Waals surface area contributed by atoms with Crippen molar-refractivity contribution < 1.29 is 19.4 Å². The largest absolute Gasteiger partial charge is 0.507 e. The van der Waals surface area contributed by atoms with E-state index in [2.05, 4.69) is 4.98 Å². The Morgan fingerprint density at radius 1 is 1.10 bits per heavy atom. The summed E-state index contributed by atoms with van der Waals surface area (Å²) in [5, 5.41) is 19.8. The number of phenolic OH excluding ortho intramolecular Hbond substituents is 2. The number of rotatable bonds is 2. The van der Waals surface area contributed by atoms with Crippen molar-refractivity contribution in [3.05, 3.63) is 35.9 Å². The molecular formula is C15H13NO4. The van der Waals surface area contributed by atoms with Gasteiger partial charge in [0.25, 0.3) is 0 Å². The molecule has 1 aromatic heterocycles. The average Bonchev–Trinajstić information content (AvgIpc) is 2.83. The first-order valence-electron chi connectivity index (χ1n) is 6.06. The standard InChI is InChI=1S/C15H13NO4/c1-8-3-4-10-13(5-8)20-15(16-10)9-6-12(18)14(19-2)7-11(9)17/h3-7,17-18H,1-2H3. The van der Waals surface area contributed by atoms with Crippen LogP contribution in [0.15, 0.2) is 34.7 Å². The normalized spacial score (nSPS) is 10.9. The number of oxazole rings is 1. The zero-order valence-electron chi connectivity index (χ0n) is 11.0. The molecule has 0 aliphatic rings. The predicted octanol–water partition coefficient (Wildman–Crippen LogP) is 3.22. The van der Waals surface area contributed by atoms with Crippen molar-refractivity contribution in [3.8, 4) is 28.7 Å². The lowest BCUT2D eigenvalue weighted by Gasteiger charge is -2.06. The quantitative estimate of drug-likeness (QED) is 0.700. The predicted molar refractivity (Wildman–Crippen MR) is 74.1 cm³/mol. The Hall–Kier alpha value is -2.69. The van der Waals surface area contributed by atoms with Crippen molar-refractivity contribution in [3.63, 3.8) is 0 Å². The second-order valence-electron chi connectivity index (χ2n) is 4.53. The van der Waals surface area contributed by atoms with E-state index in [1.54, 1.807) is 0 Å². The van der Waals surface area contributed by atoms with Crippen molar-refractivity contribution in [2.75, 3.05) is 7.11 Å². The van der Waals surface area contributed by atoms with E-state index in [0.717, 1.165) is 5.56 Å². The number of nitrogens with zero attached hydrogens (tertiary/aromatic N) is 1. The van der Waals surface area contributed by atoms with E-state index >= 15 is 0 Å². The summed E-state index contributed by atoms with van der Waals surface area (Å²) in [7, 11) is 1.41. The van der Waals surface area contributed by atoms with E-state index in [-0.39, 0.29) is 23.1 Å². The Kier molecular flexibility index (Phi) is 2.75. The maximum atomic E-state index is 9.99. The molecule has 3 rings (SSSR count). The first-order chi connectivity index (χ1) is 9.58. The molecule has 3 aromatic rings. The van der Waals surface area contributed by atoms with Crippen LogP contribution < -0.4 is 4.74 Å². The van der Waals surface area contributed by atoms with E-state index in [1.165, 1.54) is 19.2 Å². The number of methoxy groups -OCH3 is 1. The van der Waals surface area contributed by atoms with E-state index in [1.807, 2.05) is 25.1 Å². The number of aryl methyl sites for hydroxylation is 1. The first-order valence-corrected chi connectivity index (χ1v) is 6.06. The molecule has 0 aliphatic heterocycles. The highest BCUT2D eigenvalue weighted by Gasteiger charge is 2.16. The lowest BCUT2D eigenvalue weighted by Crippen LogP contribution is -1.86. The molecule has 2 aromatic carbocycles. The molecule has 5 heteroatoms. The summed E-state index contributed by atoms with van der Waals surface area (Å²) >= 11 is 0. The number of fused-ring (bicyclic) bond motifs is 1. The van der Waals surface area contributed by atoms with E-state index < -0.39 is 0 Å². The summed E-state index contributed by atoms with van der Waals surface area (Å²) in [5.41, 5.74) is 2.70. The van der Waals surface area contributed by atoms with Gasteiger partial charge < -0.3 is 19.4 Å². The highest BCUT2D eigenvalue weighted by atomic mass is 16.5. The smallest absolute Gasteiger partial charge is 0.231 e. The molecule has 0 saturated carbocycles. The van der Waals surface area contributed by atoms with Gasteiger partial charge in [-0.05, 0) is 24.6 Å². The molecule has 0 spiro atoms. The van der Waals surface area contributed by atoms with Gasteiger partial charge in [0.15, 0.2) is 17.1 Å². The van der Waals surface area contributed by atoms with Crippen molar-refractivity contribution in [2.45, 2.75) is 6.92 Å². The SMILES string of the molecule is COc1cc(O)c(-c2nc3ccc(C)cc3o2)cc1O. The molecule has 0 saturated heterocycles. The van der Waals surface area contributed by atoms with Crippen LogP contribution in [0.5, 0.6) is 17.2 Å². The molecule has 0 radical (unpaired) electrons. The van der Waals surface area contributed by atoms with Crippen LogP contribution in [0.25, 0.3) is 22.6 Å². The van der Waals surface area contributed by atoms with Crippen LogP contribution in [0.3, 0.4) is 0 Å². The number of ether oxygens (including phenoxy) is 1. The summed E-state index contributed by atoms with van der Waals surface area (Å²) in [4.78, 5) is 4.30. The van der Waals surface area contributed by atoms with Gasteiger partial charge in [0.1, 0.15) is 11.3 Å². The van der Waals surface area contributed by atoms with Crippen LogP contribution >= 0.6 is 0 Å². The molecular weight excluding hydrogens is 258 g/mol. The van der Waals surface area contributed by atoms with Crippen molar-refractivity contribution in [1.82, 2.24) is 4.98 Å². The van der Waals surface area contributed by atoms with Gasteiger partial charge in [-0.2, -0.15) is 0 Å². The molecule has 1 heterocycles. The fourth-order valence-corrected chi connectivity index (χ4v) is 2.04. The Labute approximate surface area is 115 Å². The van der Waals surface area contributed by atoms with Crippen molar-refractivity contribution >= 4 is 11.1 Å². The van der Waals surface area contributed by atoms with Gasteiger partial charge in [0.05, 0.1) is 12.7 Å². The molecule has 102 valence electrons. The third-order valence-corrected chi connectivity index (χ3v) is 3.07. The highest BCUT2D eigenvalue weighted by Crippen LogP contribution is 2.39. The van der Waals surface area contributed by atoms with Crippen LogP contribution in [0.2, 0.25) is 0 Å². The fraction of sp³-hybridized carbons (Fsp3) is 0.133. The van der Waals surface area contributed by atoms with Crippen LogP contribution in [-0.4, -0.2) is 22.3 Å². The zero-order chi connectivity index (χ0) is 14.3. The molecule has 0 aliphatic carbocycles. The Bertz CT molecular complexity index is 792. The van der Waals surface area contributed by atoms with Gasteiger partial charge in [0.2, 0.25) is 5.89 Å². The second kappa shape index (κ2) is 4.45. The molecule has 20 heavy (non-hydrogen) atoms. The number of aromatic hydroxyl groups is 2. The minimum absolute atomic E-state index is 0.0667. The van der Waals surface area contributed by atoms with E-state index in [4.69, 9.17) is 9.15 Å². The summed E-state index contributed by atoms with van der Waals surface area (Å²) in [6.45, 7) is 1.96. The van der Waals surface area contributed by atoms with Gasteiger partial charge in [0, 0.05) is 12.1 Å². The molecule has 0 atom stereocenters. The number of phenols is 2. The molecule has 2 N–H and O–H groups in total. The summed E-state index contributed by atoms with van der Waals surface area (Å²) < 4.78 is 10.6. The monoisotopic (exact) mass is 271 g/mol. The van der Waals surface area contributed by atoms with Crippen LogP contribution in [0.4, 0.5) is 0 Å². The van der Waals surface area contributed by atoms with Gasteiger partial charge in [-0.15, -0.1) is 0 Å². The molecule has 0 bridgehead atoms. The molecule has 0 unspecified atom stereocenters. The van der Waals surface area contributed by atoms with Gasteiger partial charge >= 0.3 is 0 Å². The summed E-state index contributed by atoms with van der Waals surface area (Å²) in [6, 6.07) is 8.33. The molecule has 0 fully saturated rings. The Morgan fingerprint density at radius 3 is 2.65 bits per heavy atom. The molecule has 5 nitrogen and oxygen atoms in total. The number of aromatic nitrogens is 1. The minimum Gasteiger partial charge on any atom is -0.507 e. The van der Waals surface area contributed by atoms with Crippen molar-refractivity contribution in [1.29, 1.82) is 0 Å². The zero-order valence-corrected chi connectivity index (χ0v) is 11.0. The number of benzene rings is 2. The second-order valence-corrected chi connectivity index (χ2v) is 4.53. The van der Waals surface area contributed by atoms with Crippen molar-refractivity contribution in [2.24, 2.45) is 0 Å². The van der Waals surface area contributed by atoms with E-state index in [9.17, 15) is 10.2 Å². The van der Waals surface area contributed by atoms with Crippen LogP contribution in [0, 0.1) is 6.92 Å². The van der Waals surface area contributed by atoms with Crippen LogP contribution in [0.1, 0.15) is 5.56 Å². The fourth-order valence-electron chi connectivity index (χ4n) is 2.04.